The highest BCUT2D eigenvalue weighted by Crippen LogP contribution is 2.19. The van der Waals surface area contributed by atoms with E-state index in [-0.39, 0.29) is 0 Å². The highest BCUT2D eigenvalue weighted by molar-refractivity contribution is 7.89. The largest absolute Gasteiger partial charge is 0.244 e. The number of primary sulfonamides is 1. The van der Waals surface area contributed by atoms with Gasteiger partial charge in [0.2, 0.25) is 10.0 Å². The van der Waals surface area contributed by atoms with Gasteiger partial charge in [-0.2, -0.15) is 0 Å². The van der Waals surface area contributed by atoms with Crippen LogP contribution in [-0.4, -0.2) is 8.42 Å². The second-order valence-electron chi connectivity index (χ2n) is 2.22. The minimum absolute atomic E-state index is 0.472. The van der Waals surface area contributed by atoms with Crippen LogP contribution in [0, 0.1) is 17.5 Å². The Morgan fingerprint density at radius 1 is 1.08 bits per heavy atom. The molecule has 0 aliphatic rings. The predicted octanol–water partition coefficient (Wildman–Crippen LogP) is 0.751. The van der Waals surface area contributed by atoms with E-state index in [9.17, 15) is 21.6 Å². The van der Waals surface area contributed by atoms with E-state index in [1.54, 1.807) is 0 Å². The van der Waals surface area contributed by atoms with Crippen LogP contribution in [-0.2, 0) is 10.0 Å². The molecule has 0 spiro atoms. The second-order valence-corrected chi connectivity index (χ2v) is 3.72. The highest BCUT2D eigenvalue weighted by Gasteiger charge is 2.22. The summed E-state index contributed by atoms with van der Waals surface area (Å²) in [5.41, 5.74) is 0. The van der Waals surface area contributed by atoms with Crippen molar-refractivity contribution < 1.29 is 21.6 Å². The lowest BCUT2D eigenvalue weighted by Gasteiger charge is -2.01. The number of hydrogen-bond donors (Lipinski definition) is 1. The molecule has 0 aromatic heterocycles. The SMILES string of the molecule is NS(=O)(=O)c1c(F)ccc(F)c1F. The van der Waals surface area contributed by atoms with Gasteiger partial charge in [-0.25, -0.2) is 26.7 Å². The molecule has 0 unspecified atom stereocenters. The molecule has 0 bridgehead atoms. The summed E-state index contributed by atoms with van der Waals surface area (Å²) in [4.78, 5) is -1.45. The molecule has 72 valence electrons. The van der Waals surface area contributed by atoms with Crippen LogP contribution < -0.4 is 5.14 Å². The van der Waals surface area contributed by atoms with Gasteiger partial charge in [0.05, 0.1) is 0 Å². The molecule has 0 fully saturated rings. The Bertz CT molecular complexity index is 443. The van der Waals surface area contributed by atoms with Crippen molar-refractivity contribution in [1.29, 1.82) is 0 Å². The third-order valence-electron chi connectivity index (χ3n) is 1.29. The van der Waals surface area contributed by atoms with Crippen molar-refractivity contribution in [3.05, 3.63) is 29.6 Å². The average Bonchev–Trinajstić information content (AvgIpc) is 1.95. The van der Waals surface area contributed by atoms with Crippen molar-refractivity contribution in [3.8, 4) is 0 Å². The van der Waals surface area contributed by atoms with E-state index in [1.807, 2.05) is 0 Å². The van der Waals surface area contributed by atoms with Crippen molar-refractivity contribution in [3.63, 3.8) is 0 Å². The van der Waals surface area contributed by atoms with Gasteiger partial charge < -0.3 is 0 Å². The van der Waals surface area contributed by atoms with Crippen LogP contribution in [0.5, 0.6) is 0 Å². The van der Waals surface area contributed by atoms with Gasteiger partial charge >= 0.3 is 0 Å². The molecule has 0 amide bonds. The summed E-state index contributed by atoms with van der Waals surface area (Å²) in [5.74, 6) is -4.69. The number of benzene rings is 1. The van der Waals surface area contributed by atoms with Crippen molar-refractivity contribution in [2.24, 2.45) is 5.14 Å². The van der Waals surface area contributed by atoms with Gasteiger partial charge in [0.25, 0.3) is 0 Å². The molecule has 0 radical (unpaired) electrons. The molecule has 7 heteroatoms. The van der Waals surface area contributed by atoms with Crippen LogP contribution >= 0.6 is 0 Å². The minimum atomic E-state index is -4.58. The Kier molecular flexibility index (Phi) is 2.31. The molecule has 0 aliphatic heterocycles. The Morgan fingerprint density at radius 2 is 1.54 bits per heavy atom. The van der Waals surface area contributed by atoms with Gasteiger partial charge in [-0.05, 0) is 12.1 Å². The fraction of sp³-hybridized carbons (Fsp3) is 0. The smallest absolute Gasteiger partial charge is 0.224 e. The molecule has 2 N–H and O–H groups in total. The molecule has 13 heavy (non-hydrogen) atoms. The van der Waals surface area contributed by atoms with Gasteiger partial charge in [0, 0.05) is 0 Å². The molecular formula is C6H4F3NO2S. The maximum absolute atomic E-state index is 12.7. The first-order chi connectivity index (χ1) is 5.84. The van der Waals surface area contributed by atoms with Gasteiger partial charge in [-0.3, -0.25) is 0 Å². The first kappa shape index (κ1) is 10.0. The Morgan fingerprint density at radius 3 is 1.92 bits per heavy atom. The topological polar surface area (TPSA) is 60.2 Å². The lowest BCUT2D eigenvalue weighted by molar-refractivity contribution is 0.459. The zero-order valence-corrected chi connectivity index (χ0v) is 6.91. The van der Waals surface area contributed by atoms with E-state index in [2.05, 4.69) is 5.14 Å². The van der Waals surface area contributed by atoms with Crippen molar-refractivity contribution in [2.45, 2.75) is 4.90 Å². The molecule has 1 aromatic rings. The molecule has 0 saturated heterocycles. The Labute approximate surface area is 72.0 Å². The number of hydrogen-bond acceptors (Lipinski definition) is 2. The standard InChI is InChI=1S/C6H4F3NO2S/c7-3-1-2-4(8)6(5(3)9)13(10,11)12/h1-2H,(H2,10,11,12). The number of halogens is 3. The minimum Gasteiger partial charge on any atom is -0.224 e. The summed E-state index contributed by atoms with van der Waals surface area (Å²) in [6.45, 7) is 0. The monoisotopic (exact) mass is 211 g/mol. The average molecular weight is 211 g/mol. The van der Waals surface area contributed by atoms with Crippen LogP contribution in [0.2, 0.25) is 0 Å². The van der Waals surface area contributed by atoms with Crippen molar-refractivity contribution in [1.82, 2.24) is 0 Å². The zero-order valence-electron chi connectivity index (χ0n) is 6.09. The van der Waals surface area contributed by atoms with E-state index in [0.717, 1.165) is 0 Å². The fourth-order valence-corrected chi connectivity index (χ4v) is 1.46. The number of nitrogens with two attached hydrogens (primary N) is 1. The molecule has 0 aliphatic carbocycles. The summed E-state index contributed by atoms with van der Waals surface area (Å²) >= 11 is 0. The summed E-state index contributed by atoms with van der Waals surface area (Å²) in [7, 11) is -4.58. The lowest BCUT2D eigenvalue weighted by Crippen LogP contribution is -2.16. The van der Waals surface area contributed by atoms with Crippen molar-refractivity contribution in [2.75, 3.05) is 0 Å². The number of sulfonamides is 1. The van der Waals surface area contributed by atoms with Gasteiger partial charge in [0.15, 0.2) is 16.5 Å². The predicted molar refractivity (Wildman–Crippen MR) is 37.7 cm³/mol. The summed E-state index contributed by atoms with van der Waals surface area (Å²) in [6.07, 6.45) is 0. The fourth-order valence-electron chi connectivity index (χ4n) is 0.769. The van der Waals surface area contributed by atoms with Gasteiger partial charge in [-0.15, -0.1) is 0 Å². The van der Waals surface area contributed by atoms with E-state index in [4.69, 9.17) is 0 Å². The summed E-state index contributed by atoms with van der Waals surface area (Å²) in [5, 5.41) is 4.45. The molecule has 1 aromatic carbocycles. The van der Waals surface area contributed by atoms with Crippen LogP contribution in [0.1, 0.15) is 0 Å². The van der Waals surface area contributed by atoms with E-state index in [0.29, 0.717) is 12.1 Å². The number of rotatable bonds is 1. The third kappa shape index (κ3) is 1.81. The Hall–Kier alpha value is -1.08. The maximum atomic E-state index is 12.7. The maximum Gasteiger partial charge on any atom is 0.244 e. The van der Waals surface area contributed by atoms with Crippen molar-refractivity contribution >= 4 is 10.0 Å². The van der Waals surface area contributed by atoms with Crippen LogP contribution in [0.4, 0.5) is 13.2 Å². The normalized spacial score (nSPS) is 11.7. The van der Waals surface area contributed by atoms with E-state index < -0.39 is 32.4 Å². The molecule has 0 atom stereocenters. The summed E-state index contributed by atoms with van der Waals surface area (Å²) < 4.78 is 58.9. The van der Waals surface area contributed by atoms with E-state index >= 15 is 0 Å². The summed E-state index contributed by atoms with van der Waals surface area (Å²) in [6, 6.07) is 0.956. The molecule has 0 heterocycles. The quantitative estimate of drug-likeness (QED) is 0.697. The second kappa shape index (κ2) is 3.00. The first-order valence-corrected chi connectivity index (χ1v) is 4.55. The third-order valence-corrected chi connectivity index (χ3v) is 2.23. The Balaban J connectivity index is 3.62. The molecule has 1 rings (SSSR count). The van der Waals surface area contributed by atoms with Gasteiger partial charge in [-0.1, -0.05) is 0 Å². The van der Waals surface area contributed by atoms with Crippen LogP contribution in [0.3, 0.4) is 0 Å². The zero-order chi connectivity index (χ0) is 10.2. The molecular weight excluding hydrogens is 207 g/mol. The van der Waals surface area contributed by atoms with E-state index in [1.165, 1.54) is 0 Å². The van der Waals surface area contributed by atoms with Crippen LogP contribution in [0.25, 0.3) is 0 Å². The lowest BCUT2D eigenvalue weighted by atomic mass is 10.3. The first-order valence-electron chi connectivity index (χ1n) is 3.00. The van der Waals surface area contributed by atoms with Gasteiger partial charge in [0.1, 0.15) is 5.82 Å². The molecule has 3 nitrogen and oxygen atoms in total. The molecule has 0 saturated carbocycles. The van der Waals surface area contributed by atoms with Crippen LogP contribution in [0.15, 0.2) is 17.0 Å². The highest BCUT2D eigenvalue weighted by atomic mass is 32.2.